The third-order valence-electron chi connectivity index (χ3n) is 4.74. The lowest BCUT2D eigenvalue weighted by Gasteiger charge is -2.33. The normalized spacial score (nSPS) is 17.1. The number of hydrogen-bond acceptors (Lipinski definition) is 4. The number of hydrogen-bond donors (Lipinski definition) is 2. The number of rotatable bonds is 8. The molecule has 0 bridgehead atoms. The van der Waals surface area contributed by atoms with Gasteiger partial charge in [-0.1, -0.05) is 50.2 Å². The molecule has 0 spiro atoms. The molecule has 2 amide bonds. The Morgan fingerprint density at radius 3 is 2.72 bits per heavy atom. The summed E-state index contributed by atoms with van der Waals surface area (Å²) < 4.78 is 11.6. The summed E-state index contributed by atoms with van der Waals surface area (Å²) >= 11 is 0. The number of carbonyl (C=O) groups is 1. The third-order valence-corrected chi connectivity index (χ3v) is 4.74. The molecular weight excluding hydrogens is 366 g/mol. The van der Waals surface area contributed by atoms with Gasteiger partial charge in [0, 0.05) is 37.4 Å². The van der Waals surface area contributed by atoms with Crippen molar-refractivity contribution in [3.8, 4) is 5.75 Å². The van der Waals surface area contributed by atoms with Crippen molar-refractivity contribution in [1.29, 1.82) is 0 Å². The monoisotopic (exact) mass is 397 g/mol. The maximum absolute atomic E-state index is 12.4. The fourth-order valence-electron chi connectivity index (χ4n) is 3.41. The second-order valence-electron chi connectivity index (χ2n) is 7.74. The van der Waals surface area contributed by atoms with Crippen molar-refractivity contribution in [3.63, 3.8) is 0 Å². The minimum Gasteiger partial charge on any atom is -0.489 e. The summed E-state index contributed by atoms with van der Waals surface area (Å²) in [7, 11) is 0. The highest BCUT2D eigenvalue weighted by Gasteiger charge is 2.21. The number of benzene rings is 2. The number of ether oxygens (including phenoxy) is 2. The third kappa shape index (κ3) is 7.07. The molecule has 29 heavy (non-hydrogen) atoms. The SMILES string of the molecule is CC(C)CN1CCOC(CNC(=O)Nc2ccccc2COc2ccccc2)C1. The number of amides is 2. The van der Waals surface area contributed by atoms with Crippen molar-refractivity contribution in [2.75, 3.05) is 38.1 Å². The molecule has 1 saturated heterocycles. The van der Waals surface area contributed by atoms with Gasteiger partial charge in [0.1, 0.15) is 12.4 Å². The topological polar surface area (TPSA) is 62.8 Å². The predicted molar refractivity (Wildman–Crippen MR) is 115 cm³/mol. The molecular formula is C23H31N3O3. The number of carbonyl (C=O) groups excluding carboxylic acids is 1. The Morgan fingerprint density at radius 1 is 1.17 bits per heavy atom. The zero-order valence-electron chi connectivity index (χ0n) is 17.3. The number of anilines is 1. The van der Waals surface area contributed by atoms with Crippen LogP contribution in [0.2, 0.25) is 0 Å². The van der Waals surface area contributed by atoms with Crippen LogP contribution in [0.5, 0.6) is 5.75 Å². The Hall–Kier alpha value is -2.57. The summed E-state index contributed by atoms with van der Waals surface area (Å²) in [5.74, 6) is 1.42. The predicted octanol–water partition coefficient (Wildman–Crippen LogP) is 3.74. The fraction of sp³-hybridized carbons (Fsp3) is 0.435. The fourth-order valence-corrected chi connectivity index (χ4v) is 3.41. The van der Waals surface area contributed by atoms with E-state index < -0.39 is 0 Å². The highest BCUT2D eigenvalue weighted by Crippen LogP contribution is 2.18. The van der Waals surface area contributed by atoms with Crippen molar-refractivity contribution in [3.05, 3.63) is 60.2 Å². The molecule has 1 aliphatic rings. The van der Waals surface area contributed by atoms with Crippen LogP contribution in [0.1, 0.15) is 19.4 Å². The second-order valence-corrected chi connectivity index (χ2v) is 7.74. The maximum Gasteiger partial charge on any atom is 0.319 e. The molecule has 156 valence electrons. The lowest BCUT2D eigenvalue weighted by Crippen LogP contribution is -2.48. The smallest absolute Gasteiger partial charge is 0.319 e. The molecule has 2 aromatic rings. The Balaban J connectivity index is 1.48. The number of nitrogens with zero attached hydrogens (tertiary/aromatic N) is 1. The van der Waals surface area contributed by atoms with Gasteiger partial charge in [0.15, 0.2) is 0 Å². The molecule has 1 fully saturated rings. The first-order valence-electron chi connectivity index (χ1n) is 10.2. The quantitative estimate of drug-likeness (QED) is 0.712. The Labute approximate surface area is 173 Å². The first kappa shape index (κ1) is 21.1. The van der Waals surface area contributed by atoms with Gasteiger partial charge in [-0.05, 0) is 24.1 Å². The van der Waals surface area contributed by atoms with Crippen LogP contribution in [-0.4, -0.2) is 49.8 Å². The molecule has 1 atom stereocenters. The molecule has 2 aromatic carbocycles. The van der Waals surface area contributed by atoms with Gasteiger partial charge in [0.2, 0.25) is 0 Å². The van der Waals surface area contributed by atoms with Gasteiger partial charge in [0.25, 0.3) is 0 Å². The largest absolute Gasteiger partial charge is 0.489 e. The van der Waals surface area contributed by atoms with Gasteiger partial charge in [-0.15, -0.1) is 0 Å². The highest BCUT2D eigenvalue weighted by molar-refractivity contribution is 5.90. The Kier molecular flexibility index (Phi) is 7.90. The van der Waals surface area contributed by atoms with Crippen LogP contribution >= 0.6 is 0 Å². The van der Waals surface area contributed by atoms with E-state index in [-0.39, 0.29) is 12.1 Å². The molecule has 1 unspecified atom stereocenters. The number of urea groups is 1. The molecule has 2 N–H and O–H groups in total. The lowest BCUT2D eigenvalue weighted by atomic mass is 10.2. The van der Waals surface area contributed by atoms with Crippen molar-refractivity contribution in [2.24, 2.45) is 5.92 Å². The summed E-state index contributed by atoms with van der Waals surface area (Å²) in [4.78, 5) is 14.8. The number of nitrogens with one attached hydrogen (secondary N) is 2. The molecule has 1 aliphatic heterocycles. The summed E-state index contributed by atoms with van der Waals surface area (Å²) in [6.07, 6.45) is 0.0184. The highest BCUT2D eigenvalue weighted by atomic mass is 16.5. The van der Waals surface area contributed by atoms with E-state index in [1.165, 1.54) is 0 Å². The van der Waals surface area contributed by atoms with E-state index in [9.17, 15) is 4.79 Å². The number of para-hydroxylation sites is 2. The molecule has 6 nitrogen and oxygen atoms in total. The summed E-state index contributed by atoms with van der Waals surface area (Å²) in [6, 6.07) is 17.1. The minimum atomic E-state index is -0.234. The standard InChI is InChI=1S/C23H31N3O3/c1-18(2)15-26-12-13-28-21(16-26)14-24-23(27)25-22-11-7-6-8-19(22)17-29-20-9-4-3-5-10-20/h3-11,18,21H,12-17H2,1-2H3,(H2,24,25,27). The van der Waals surface area contributed by atoms with Gasteiger partial charge in [-0.25, -0.2) is 4.79 Å². The van der Waals surface area contributed by atoms with Crippen molar-refractivity contribution >= 4 is 11.7 Å². The molecule has 0 saturated carbocycles. The molecule has 6 heteroatoms. The van der Waals surface area contributed by atoms with Crippen molar-refractivity contribution in [1.82, 2.24) is 10.2 Å². The maximum atomic E-state index is 12.4. The van der Waals surface area contributed by atoms with E-state index in [1.807, 2.05) is 54.6 Å². The van der Waals surface area contributed by atoms with Crippen LogP contribution in [0.4, 0.5) is 10.5 Å². The second kappa shape index (κ2) is 10.8. The van der Waals surface area contributed by atoms with E-state index in [2.05, 4.69) is 29.4 Å². The van der Waals surface area contributed by atoms with Gasteiger partial charge < -0.3 is 20.1 Å². The van der Waals surface area contributed by atoms with Gasteiger partial charge in [-0.3, -0.25) is 4.90 Å². The van der Waals surface area contributed by atoms with Crippen LogP contribution in [-0.2, 0) is 11.3 Å². The van der Waals surface area contributed by atoms with Crippen LogP contribution in [0.3, 0.4) is 0 Å². The van der Waals surface area contributed by atoms with E-state index in [0.29, 0.717) is 25.7 Å². The van der Waals surface area contributed by atoms with Crippen LogP contribution < -0.4 is 15.4 Å². The van der Waals surface area contributed by atoms with Crippen LogP contribution in [0.15, 0.2) is 54.6 Å². The summed E-state index contributed by atoms with van der Waals surface area (Å²) in [5, 5.41) is 5.86. The number of morpholine rings is 1. The molecule has 0 radical (unpaired) electrons. The van der Waals surface area contributed by atoms with Gasteiger partial charge in [-0.2, -0.15) is 0 Å². The minimum absolute atomic E-state index is 0.0184. The zero-order chi connectivity index (χ0) is 20.5. The van der Waals surface area contributed by atoms with Gasteiger partial charge >= 0.3 is 6.03 Å². The van der Waals surface area contributed by atoms with E-state index in [1.54, 1.807) is 0 Å². The Bertz CT molecular complexity index is 767. The van der Waals surface area contributed by atoms with Gasteiger partial charge in [0.05, 0.1) is 12.7 Å². The first-order chi connectivity index (χ1) is 14.1. The zero-order valence-corrected chi connectivity index (χ0v) is 17.3. The molecule has 0 aromatic heterocycles. The molecule has 1 heterocycles. The lowest BCUT2D eigenvalue weighted by molar-refractivity contribution is -0.0288. The molecule has 0 aliphatic carbocycles. The average Bonchev–Trinajstić information content (AvgIpc) is 2.72. The summed E-state index contributed by atoms with van der Waals surface area (Å²) in [6.45, 7) is 8.88. The van der Waals surface area contributed by atoms with Crippen molar-refractivity contribution < 1.29 is 14.3 Å². The van der Waals surface area contributed by atoms with E-state index in [4.69, 9.17) is 9.47 Å². The molecule has 3 rings (SSSR count). The first-order valence-corrected chi connectivity index (χ1v) is 10.2. The Morgan fingerprint density at radius 2 is 1.93 bits per heavy atom. The van der Waals surface area contributed by atoms with Crippen LogP contribution in [0.25, 0.3) is 0 Å². The van der Waals surface area contributed by atoms with E-state index >= 15 is 0 Å². The summed E-state index contributed by atoms with van der Waals surface area (Å²) in [5.41, 5.74) is 1.66. The van der Waals surface area contributed by atoms with Crippen molar-refractivity contribution in [2.45, 2.75) is 26.6 Å². The van der Waals surface area contributed by atoms with E-state index in [0.717, 1.165) is 36.6 Å². The van der Waals surface area contributed by atoms with Crippen LogP contribution in [0, 0.1) is 5.92 Å². The average molecular weight is 398 g/mol.